The molecule has 2 aliphatic carbocycles. The summed E-state index contributed by atoms with van der Waals surface area (Å²) in [6, 6.07) is 4.05. The number of hydrogen-bond donors (Lipinski definition) is 3. The van der Waals surface area contributed by atoms with E-state index in [1.54, 1.807) is 7.11 Å². The van der Waals surface area contributed by atoms with Crippen molar-refractivity contribution in [1.82, 2.24) is 4.90 Å². The van der Waals surface area contributed by atoms with Crippen LogP contribution in [0, 0.1) is 0 Å². The van der Waals surface area contributed by atoms with Gasteiger partial charge in [0, 0.05) is 18.0 Å². The third kappa shape index (κ3) is 2.52. The predicted octanol–water partition coefficient (Wildman–Crippen LogP) is 0.395. The predicted molar refractivity (Wildman–Crippen MR) is 97.2 cm³/mol. The van der Waals surface area contributed by atoms with Crippen molar-refractivity contribution in [3.63, 3.8) is 0 Å². The van der Waals surface area contributed by atoms with E-state index < -0.39 is 27.5 Å². The van der Waals surface area contributed by atoms with Gasteiger partial charge in [-0.25, -0.2) is 0 Å². The van der Waals surface area contributed by atoms with E-state index in [4.69, 9.17) is 27.0 Å². The standard InChI is InChI=1S/C18H21NO4.H2O4S/c1-19-8-7-17-14-10-3-4-12(22-2)15(14)23-16(17)11(20)5-6-18(17,21)13(19)9-10;1-5(2,3)4/h3-4,13,16,21H,5-9H2,1-2H3;(H2,1,2,3,4)/t13-,16+,17+,18-;/m1./s1. The lowest BCUT2D eigenvalue weighted by molar-refractivity contribution is -0.185. The number of likely N-dealkylation sites (tertiary alicyclic amines) is 1. The fourth-order valence-corrected chi connectivity index (χ4v) is 5.69. The first-order valence-electron chi connectivity index (χ1n) is 9.05. The molecule has 0 aromatic heterocycles. The van der Waals surface area contributed by atoms with Crippen molar-refractivity contribution in [3.8, 4) is 11.5 Å². The van der Waals surface area contributed by atoms with Crippen LogP contribution in [0.4, 0.5) is 0 Å². The summed E-state index contributed by atoms with van der Waals surface area (Å²) in [6.45, 7) is 0.871. The number of methoxy groups -OCH3 is 1. The molecule has 2 heterocycles. The molecule has 1 saturated carbocycles. The number of Topliss-reactive ketones (excluding diaryl/α,β-unsaturated/α-hetero) is 1. The van der Waals surface area contributed by atoms with Gasteiger partial charge in [0.15, 0.2) is 23.4 Å². The molecular formula is C18H23NO8S. The van der Waals surface area contributed by atoms with Crippen molar-refractivity contribution in [2.45, 2.75) is 48.8 Å². The lowest BCUT2D eigenvalue weighted by atomic mass is 9.49. The topological polar surface area (TPSA) is 134 Å². The molecule has 154 valence electrons. The number of hydrogen-bond acceptors (Lipinski definition) is 7. The van der Waals surface area contributed by atoms with E-state index in [-0.39, 0.29) is 11.8 Å². The minimum atomic E-state index is -4.67. The Balaban J connectivity index is 0.000000346. The number of carbonyl (C=O) groups excluding carboxylic acids is 1. The van der Waals surface area contributed by atoms with E-state index in [0.717, 1.165) is 24.9 Å². The fourth-order valence-electron chi connectivity index (χ4n) is 5.69. The Kier molecular flexibility index (Phi) is 4.29. The van der Waals surface area contributed by atoms with Crippen LogP contribution in [0.5, 0.6) is 11.5 Å². The Morgan fingerprint density at radius 3 is 2.61 bits per heavy atom. The molecule has 2 fully saturated rings. The second kappa shape index (κ2) is 6.14. The van der Waals surface area contributed by atoms with Crippen molar-refractivity contribution in [2.24, 2.45) is 0 Å². The molecule has 0 unspecified atom stereocenters. The summed E-state index contributed by atoms with van der Waals surface area (Å²) in [4.78, 5) is 14.9. The smallest absolute Gasteiger partial charge is 0.394 e. The first kappa shape index (κ1) is 19.6. The van der Waals surface area contributed by atoms with Gasteiger partial charge < -0.3 is 19.5 Å². The highest BCUT2D eigenvalue weighted by atomic mass is 32.3. The summed E-state index contributed by atoms with van der Waals surface area (Å²) in [5, 5.41) is 11.7. The van der Waals surface area contributed by atoms with Crippen molar-refractivity contribution in [3.05, 3.63) is 23.3 Å². The summed E-state index contributed by atoms with van der Waals surface area (Å²) in [7, 11) is -0.971. The summed E-state index contributed by atoms with van der Waals surface area (Å²) in [5.41, 5.74) is 0.737. The number of aliphatic hydroxyl groups is 1. The zero-order chi connectivity index (χ0) is 20.5. The average Bonchev–Trinajstić information content (AvgIpc) is 2.95. The van der Waals surface area contributed by atoms with Crippen LogP contribution in [-0.2, 0) is 27.0 Å². The Morgan fingerprint density at radius 2 is 1.96 bits per heavy atom. The normalized spacial score (nSPS) is 35.4. The Hall–Kier alpha value is -1.72. The molecular weight excluding hydrogens is 390 g/mol. The molecule has 10 heteroatoms. The van der Waals surface area contributed by atoms with E-state index in [1.807, 2.05) is 6.07 Å². The number of ketones is 1. The van der Waals surface area contributed by atoms with E-state index in [1.165, 1.54) is 5.56 Å². The van der Waals surface area contributed by atoms with E-state index in [0.29, 0.717) is 24.3 Å². The number of ether oxygens (including phenoxy) is 2. The summed E-state index contributed by atoms with van der Waals surface area (Å²) in [6.07, 6.45) is 1.89. The number of nitrogens with zero attached hydrogens (tertiary/aromatic N) is 1. The van der Waals surface area contributed by atoms with E-state index >= 15 is 0 Å². The van der Waals surface area contributed by atoms with E-state index in [2.05, 4.69) is 18.0 Å². The molecule has 1 spiro atoms. The minimum absolute atomic E-state index is 0.0438. The van der Waals surface area contributed by atoms with Crippen LogP contribution in [-0.4, -0.2) is 71.8 Å². The van der Waals surface area contributed by atoms with Crippen LogP contribution in [0.2, 0.25) is 0 Å². The van der Waals surface area contributed by atoms with Crippen LogP contribution in [0.3, 0.4) is 0 Å². The highest BCUT2D eigenvalue weighted by Crippen LogP contribution is 2.64. The molecule has 1 saturated heterocycles. The van der Waals surface area contributed by atoms with Gasteiger partial charge in [0.05, 0.1) is 18.1 Å². The number of carbonyl (C=O) groups is 1. The number of benzene rings is 1. The number of rotatable bonds is 1. The monoisotopic (exact) mass is 413 g/mol. The molecule has 4 aliphatic rings. The third-order valence-corrected chi connectivity index (χ3v) is 6.73. The molecule has 28 heavy (non-hydrogen) atoms. The second-order valence-corrected chi connectivity index (χ2v) is 8.78. The van der Waals surface area contributed by atoms with Gasteiger partial charge >= 0.3 is 10.4 Å². The van der Waals surface area contributed by atoms with Crippen LogP contribution in [0.15, 0.2) is 12.1 Å². The maximum Gasteiger partial charge on any atom is 0.394 e. The summed E-state index contributed by atoms with van der Waals surface area (Å²) in [5.74, 6) is 1.47. The van der Waals surface area contributed by atoms with Crippen molar-refractivity contribution >= 4 is 16.2 Å². The average molecular weight is 413 g/mol. The molecule has 3 N–H and O–H groups in total. The fraction of sp³-hybridized carbons (Fsp3) is 0.611. The Bertz CT molecular complexity index is 939. The van der Waals surface area contributed by atoms with E-state index in [9.17, 15) is 9.90 Å². The maximum atomic E-state index is 12.7. The number of piperidine rings is 1. The molecule has 2 bridgehead atoms. The minimum Gasteiger partial charge on any atom is -0.493 e. The molecule has 1 aromatic carbocycles. The maximum absolute atomic E-state index is 12.7. The molecule has 9 nitrogen and oxygen atoms in total. The highest BCUT2D eigenvalue weighted by molar-refractivity contribution is 7.79. The lowest BCUT2D eigenvalue weighted by Gasteiger charge is -2.62. The van der Waals surface area contributed by atoms with Gasteiger partial charge in [0.2, 0.25) is 0 Å². The van der Waals surface area contributed by atoms with Crippen LogP contribution < -0.4 is 9.47 Å². The van der Waals surface area contributed by atoms with Gasteiger partial charge in [0.1, 0.15) is 0 Å². The van der Waals surface area contributed by atoms with Crippen molar-refractivity contribution < 1.29 is 36.9 Å². The molecule has 0 amide bonds. The van der Waals surface area contributed by atoms with Crippen LogP contribution in [0.1, 0.15) is 30.4 Å². The molecule has 0 radical (unpaired) electrons. The van der Waals surface area contributed by atoms with Gasteiger partial charge in [0.25, 0.3) is 0 Å². The van der Waals surface area contributed by atoms with Crippen LogP contribution >= 0.6 is 0 Å². The number of likely N-dealkylation sites (N-methyl/N-ethyl adjacent to an activating group) is 1. The molecule has 5 rings (SSSR count). The Morgan fingerprint density at radius 1 is 1.29 bits per heavy atom. The van der Waals surface area contributed by atoms with Gasteiger partial charge in [-0.3, -0.25) is 13.9 Å². The Labute approximate surface area is 162 Å². The zero-order valence-corrected chi connectivity index (χ0v) is 16.4. The molecule has 1 aromatic rings. The SMILES string of the molecule is COc1ccc2c3c1O[C@H]1C(=O)CC[C@@]4(O)[C@@H](C2)N(C)CC[C@]314.O=S(=O)(O)O. The molecule has 2 aliphatic heterocycles. The first-order valence-corrected chi connectivity index (χ1v) is 10.4. The summed E-state index contributed by atoms with van der Waals surface area (Å²) < 4.78 is 43.2. The van der Waals surface area contributed by atoms with Crippen molar-refractivity contribution in [2.75, 3.05) is 20.7 Å². The van der Waals surface area contributed by atoms with Crippen molar-refractivity contribution in [1.29, 1.82) is 0 Å². The quantitative estimate of drug-likeness (QED) is 0.559. The van der Waals surface area contributed by atoms with Gasteiger partial charge in [-0.1, -0.05) is 6.07 Å². The third-order valence-electron chi connectivity index (χ3n) is 6.73. The van der Waals surface area contributed by atoms with Gasteiger partial charge in [-0.05, 0) is 44.5 Å². The van der Waals surface area contributed by atoms with Gasteiger partial charge in [-0.15, -0.1) is 0 Å². The van der Waals surface area contributed by atoms with Crippen LogP contribution in [0.25, 0.3) is 0 Å². The zero-order valence-electron chi connectivity index (χ0n) is 15.6. The molecule has 4 atom stereocenters. The largest absolute Gasteiger partial charge is 0.493 e. The first-order chi connectivity index (χ1) is 13.0. The lowest BCUT2D eigenvalue weighted by Crippen LogP contribution is -2.76. The highest BCUT2D eigenvalue weighted by Gasteiger charge is 2.72. The summed E-state index contributed by atoms with van der Waals surface area (Å²) >= 11 is 0. The van der Waals surface area contributed by atoms with Gasteiger partial charge in [-0.2, -0.15) is 8.42 Å². The second-order valence-electron chi connectivity index (χ2n) is 7.89.